The van der Waals surface area contributed by atoms with Crippen LogP contribution in [0, 0.1) is 0 Å². The molecular formula is C22H24N2O4. The SMILES string of the molecule is CCOC(=O)CC(O)c1cccc(-c2cccc(OCCn3ccnc3)c2)c1. The number of ether oxygens (including phenoxy) is 2. The van der Waals surface area contributed by atoms with Crippen molar-refractivity contribution >= 4 is 5.97 Å². The summed E-state index contributed by atoms with van der Waals surface area (Å²) in [5.74, 6) is 0.365. The van der Waals surface area contributed by atoms with E-state index < -0.39 is 12.1 Å². The molecule has 1 atom stereocenters. The Morgan fingerprint density at radius 1 is 1.18 bits per heavy atom. The summed E-state index contributed by atoms with van der Waals surface area (Å²) in [4.78, 5) is 15.6. The van der Waals surface area contributed by atoms with Crippen molar-refractivity contribution in [1.29, 1.82) is 0 Å². The van der Waals surface area contributed by atoms with Gasteiger partial charge in [-0.25, -0.2) is 4.98 Å². The normalized spacial score (nSPS) is 11.8. The number of aliphatic hydroxyl groups is 1. The molecule has 0 amide bonds. The fraction of sp³-hybridized carbons (Fsp3) is 0.273. The van der Waals surface area contributed by atoms with Crippen molar-refractivity contribution in [2.24, 2.45) is 0 Å². The molecule has 0 aliphatic rings. The van der Waals surface area contributed by atoms with E-state index in [0.717, 1.165) is 23.4 Å². The molecule has 1 aromatic heterocycles. The Labute approximate surface area is 164 Å². The van der Waals surface area contributed by atoms with Crippen molar-refractivity contribution in [1.82, 2.24) is 9.55 Å². The summed E-state index contributed by atoms with van der Waals surface area (Å²) in [6, 6.07) is 15.3. The van der Waals surface area contributed by atoms with Crippen LogP contribution in [0.1, 0.15) is 25.0 Å². The molecule has 0 aliphatic heterocycles. The van der Waals surface area contributed by atoms with E-state index in [9.17, 15) is 9.90 Å². The molecule has 3 rings (SSSR count). The zero-order valence-electron chi connectivity index (χ0n) is 15.8. The number of esters is 1. The largest absolute Gasteiger partial charge is 0.492 e. The summed E-state index contributed by atoms with van der Waals surface area (Å²) in [5, 5.41) is 10.3. The van der Waals surface area contributed by atoms with Crippen molar-refractivity contribution in [3.63, 3.8) is 0 Å². The van der Waals surface area contributed by atoms with Crippen LogP contribution in [0.2, 0.25) is 0 Å². The van der Waals surface area contributed by atoms with E-state index in [0.29, 0.717) is 18.8 Å². The molecule has 0 bridgehead atoms. The van der Waals surface area contributed by atoms with Crippen LogP contribution in [-0.4, -0.2) is 33.8 Å². The smallest absolute Gasteiger partial charge is 0.308 e. The number of rotatable bonds is 9. The van der Waals surface area contributed by atoms with Gasteiger partial charge >= 0.3 is 5.97 Å². The average molecular weight is 380 g/mol. The van der Waals surface area contributed by atoms with Gasteiger partial charge in [0, 0.05) is 12.4 Å². The predicted octanol–water partition coefficient (Wildman–Crippen LogP) is 3.62. The summed E-state index contributed by atoms with van der Waals surface area (Å²) < 4.78 is 12.7. The van der Waals surface area contributed by atoms with Crippen LogP contribution >= 0.6 is 0 Å². The molecule has 1 heterocycles. The number of imidazole rings is 1. The van der Waals surface area contributed by atoms with Gasteiger partial charge in [-0.1, -0.05) is 30.3 Å². The number of hydrogen-bond donors (Lipinski definition) is 1. The second kappa shape index (κ2) is 9.71. The van der Waals surface area contributed by atoms with Gasteiger partial charge in [-0.3, -0.25) is 4.79 Å². The number of nitrogens with zero attached hydrogens (tertiary/aromatic N) is 2. The maximum Gasteiger partial charge on any atom is 0.308 e. The Bertz CT molecular complexity index is 893. The van der Waals surface area contributed by atoms with Gasteiger partial charge in [0.05, 0.1) is 32.0 Å². The first-order chi connectivity index (χ1) is 13.7. The van der Waals surface area contributed by atoms with Crippen LogP contribution in [0.3, 0.4) is 0 Å². The molecule has 3 aromatic rings. The molecule has 0 saturated carbocycles. The lowest BCUT2D eigenvalue weighted by Gasteiger charge is -2.13. The Morgan fingerprint density at radius 2 is 1.96 bits per heavy atom. The third-order valence-electron chi connectivity index (χ3n) is 4.28. The Balaban J connectivity index is 1.66. The third-order valence-corrected chi connectivity index (χ3v) is 4.28. The monoisotopic (exact) mass is 380 g/mol. The van der Waals surface area contributed by atoms with Gasteiger partial charge in [0.25, 0.3) is 0 Å². The van der Waals surface area contributed by atoms with Crippen LogP contribution in [0.25, 0.3) is 11.1 Å². The highest BCUT2D eigenvalue weighted by Crippen LogP contribution is 2.27. The minimum atomic E-state index is -0.895. The number of carbonyl (C=O) groups excluding carboxylic acids is 1. The lowest BCUT2D eigenvalue weighted by Crippen LogP contribution is -2.10. The minimum absolute atomic E-state index is 0.0608. The first kappa shape index (κ1) is 19.6. The molecule has 0 saturated heterocycles. The topological polar surface area (TPSA) is 73.6 Å². The molecule has 1 unspecified atom stereocenters. The summed E-state index contributed by atoms with van der Waals surface area (Å²) in [6.07, 6.45) is 4.44. The lowest BCUT2D eigenvalue weighted by molar-refractivity contribution is -0.145. The van der Waals surface area contributed by atoms with E-state index in [4.69, 9.17) is 9.47 Å². The zero-order chi connectivity index (χ0) is 19.8. The van der Waals surface area contributed by atoms with E-state index in [1.807, 2.05) is 53.2 Å². The van der Waals surface area contributed by atoms with Gasteiger partial charge in [0.2, 0.25) is 0 Å². The second-order valence-electron chi connectivity index (χ2n) is 6.33. The highest BCUT2D eigenvalue weighted by atomic mass is 16.5. The minimum Gasteiger partial charge on any atom is -0.492 e. The molecule has 0 aliphatic carbocycles. The van der Waals surface area contributed by atoms with Gasteiger partial charge in [-0.2, -0.15) is 0 Å². The highest BCUT2D eigenvalue weighted by Gasteiger charge is 2.14. The molecule has 1 N–H and O–H groups in total. The molecule has 2 aromatic carbocycles. The number of hydrogen-bond acceptors (Lipinski definition) is 5. The molecule has 0 fully saturated rings. The molecule has 0 spiro atoms. The van der Waals surface area contributed by atoms with Gasteiger partial charge in [0.1, 0.15) is 12.4 Å². The Morgan fingerprint density at radius 3 is 2.71 bits per heavy atom. The summed E-state index contributed by atoms with van der Waals surface area (Å²) in [7, 11) is 0. The quantitative estimate of drug-likeness (QED) is 0.574. The van der Waals surface area contributed by atoms with Gasteiger partial charge in [-0.15, -0.1) is 0 Å². The molecular weight excluding hydrogens is 356 g/mol. The predicted molar refractivity (Wildman–Crippen MR) is 106 cm³/mol. The maximum atomic E-state index is 11.6. The van der Waals surface area contributed by atoms with Crippen LogP contribution in [-0.2, 0) is 16.1 Å². The number of carbonyl (C=O) groups is 1. The number of aliphatic hydroxyl groups excluding tert-OH is 1. The maximum absolute atomic E-state index is 11.6. The average Bonchev–Trinajstić information content (AvgIpc) is 3.22. The first-order valence-corrected chi connectivity index (χ1v) is 9.28. The van der Waals surface area contributed by atoms with Crippen molar-refractivity contribution in [3.8, 4) is 16.9 Å². The second-order valence-corrected chi connectivity index (χ2v) is 6.33. The van der Waals surface area contributed by atoms with Crippen molar-refractivity contribution in [3.05, 3.63) is 72.8 Å². The molecule has 6 heteroatoms. The fourth-order valence-corrected chi connectivity index (χ4v) is 2.87. The summed E-state index contributed by atoms with van der Waals surface area (Å²) in [5.41, 5.74) is 2.60. The van der Waals surface area contributed by atoms with Crippen LogP contribution in [0.15, 0.2) is 67.3 Å². The van der Waals surface area contributed by atoms with Gasteiger partial charge in [0.15, 0.2) is 0 Å². The number of benzene rings is 2. The fourth-order valence-electron chi connectivity index (χ4n) is 2.87. The van der Waals surface area contributed by atoms with E-state index in [1.54, 1.807) is 25.5 Å². The van der Waals surface area contributed by atoms with Crippen molar-refractivity contribution in [2.75, 3.05) is 13.2 Å². The summed E-state index contributed by atoms with van der Waals surface area (Å²) in [6.45, 7) is 3.31. The van der Waals surface area contributed by atoms with Crippen LogP contribution < -0.4 is 4.74 Å². The molecule has 6 nitrogen and oxygen atoms in total. The first-order valence-electron chi connectivity index (χ1n) is 9.28. The molecule has 28 heavy (non-hydrogen) atoms. The van der Waals surface area contributed by atoms with E-state index >= 15 is 0 Å². The zero-order valence-corrected chi connectivity index (χ0v) is 15.8. The van der Waals surface area contributed by atoms with Crippen molar-refractivity contribution in [2.45, 2.75) is 26.0 Å². The standard InChI is InChI=1S/C22H24N2O4/c1-2-27-22(26)15-21(25)19-7-3-5-17(13-19)18-6-4-8-20(14-18)28-12-11-24-10-9-23-16-24/h3-10,13-14,16,21,25H,2,11-12,15H2,1H3. The third kappa shape index (κ3) is 5.44. The molecule has 0 radical (unpaired) electrons. The highest BCUT2D eigenvalue weighted by molar-refractivity contribution is 5.71. The van der Waals surface area contributed by atoms with Crippen LogP contribution in [0.4, 0.5) is 0 Å². The Hall–Kier alpha value is -3.12. The van der Waals surface area contributed by atoms with E-state index in [-0.39, 0.29) is 6.42 Å². The van der Waals surface area contributed by atoms with Gasteiger partial charge < -0.3 is 19.1 Å². The van der Waals surface area contributed by atoms with Gasteiger partial charge in [-0.05, 0) is 41.8 Å². The molecule has 146 valence electrons. The van der Waals surface area contributed by atoms with Crippen LogP contribution in [0.5, 0.6) is 5.75 Å². The van der Waals surface area contributed by atoms with Crippen molar-refractivity contribution < 1.29 is 19.4 Å². The van der Waals surface area contributed by atoms with E-state index in [1.165, 1.54) is 0 Å². The number of aromatic nitrogens is 2. The van der Waals surface area contributed by atoms with E-state index in [2.05, 4.69) is 4.98 Å². The summed E-state index contributed by atoms with van der Waals surface area (Å²) >= 11 is 0. The Kier molecular flexibility index (Phi) is 6.81. The lowest BCUT2D eigenvalue weighted by atomic mass is 9.99.